The SMILES string of the molecule is Cc1ccc(C)c(NC(=O)c2ccc(OC(=O)C(C)Oc3cccc(C)c3C)cc2)c1. The summed E-state index contributed by atoms with van der Waals surface area (Å²) in [4.78, 5) is 25.0. The van der Waals surface area contributed by atoms with Crippen molar-refractivity contribution in [1.82, 2.24) is 0 Å². The molecule has 1 N–H and O–H groups in total. The first-order valence-electron chi connectivity index (χ1n) is 10.2. The van der Waals surface area contributed by atoms with Crippen molar-refractivity contribution < 1.29 is 19.1 Å². The summed E-state index contributed by atoms with van der Waals surface area (Å²) in [6.07, 6.45) is -0.771. The molecule has 0 radical (unpaired) electrons. The van der Waals surface area contributed by atoms with Gasteiger partial charge >= 0.3 is 5.97 Å². The number of rotatable bonds is 6. The van der Waals surface area contributed by atoms with E-state index in [-0.39, 0.29) is 5.91 Å². The summed E-state index contributed by atoms with van der Waals surface area (Å²) in [5.74, 6) is 0.277. The first-order chi connectivity index (χ1) is 14.7. The predicted octanol–water partition coefficient (Wildman–Crippen LogP) is 5.55. The van der Waals surface area contributed by atoms with Crippen LogP contribution in [-0.4, -0.2) is 18.0 Å². The van der Waals surface area contributed by atoms with Crippen LogP contribution in [0.2, 0.25) is 0 Å². The van der Waals surface area contributed by atoms with Crippen LogP contribution in [-0.2, 0) is 4.79 Å². The number of ether oxygens (including phenoxy) is 2. The van der Waals surface area contributed by atoms with Crippen LogP contribution < -0.4 is 14.8 Å². The van der Waals surface area contributed by atoms with Gasteiger partial charge < -0.3 is 14.8 Å². The van der Waals surface area contributed by atoms with Crippen molar-refractivity contribution in [2.75, 3.05) is 5.32 Å². The Hall–Kier alpha value is -3.60. The third kappa shape index (κ3) is 5.51. The van der Waals surface area contributed by atoms with Gasteiger partial charge in [-0.3, -0.25) is 4.79 Å². The highest BCUT2D eigenvalue weighted by Gasteiger charge is 2.19. The van der Waals surface area contributed by atoms with Crippen LogP contribution >= 0.6 is 0 Å². The molecule has 0 fully saturated rings. The number of nitrogens with one attached hydrogen (secondary N) is 1. The van der Waals surface area contributed by atoms with Crippen LogP contribution in [0.4, 0.5) is 5.69 Å². The molecule has 0 spiro atoms. The van der Waals surface area contributed by atoms with Crippen molar-refractivity contribution in [3.05, 3.63) is 88.5 Å². The predicted molar refractivity (Wildman–Crippen MR) is 122 cm³/mol. The average Bonchev–Trinajstić information content (AvgIpc) is 2.74. The Balaban J connectivity index is 1.61. The second-order valence-corrected chi connectivity index (χ2v) is 7.68. The minimum Gasteiger partial charge on any atom is -0.479 e. The van der Waals surface area contributed by atoms with Gasteiger partial charge in [0.2, 0.25) is 0 Å². The molecular weight excluding hydrogens is 390 g/mol. The largest absolute Gasteiger partial charge is 0.479 e. The highest BCUT2D eigenvalue weighted by molar-refractivity contribution is 6.04. The summed E-state index contributed by atoms with van der Waals surface area (Å²) in [5, 5.41) is 2.92. The summed E-state index contributed by atoms with van der Waals surface area (Å²) in [6.45, 7) is 9.51. The van der Waals surface area contributed by atoms with E-state index >= 15 is 0 Å². The average molecular weight is 418 g/mol. The van der Waals surface area contributed by atoms with E-state index in [0.717, 1.165) is 27.9 Å². The summed E-state index contributed by atoms with van der Waals surface area (Å²) >= 11 is 0. The molecule has 0 heterocycles. The third-order valence-corrected chi connectivity index (χ3v) is 5.17. The zero-order valence-corrected chi connectivity index (χ0v) is 18.5. The molecule has 5 heteroatoms. The van der Waals surface area contributed by atoms with Crippen molar-refractivity contribution in [1.29, 1.82) is 0 Å². The van der Waals surface area contributed by atoms with Gasteiger partial charge in [-0.25, -0.2) is 4.79 Å². The molecule has 3 aromatic carbocycles. The molecule has 1 atom stereocenters. The summed E-state index contributed by atoms with van der Waals surface area (Å²) < 4.78 is 11.2. The van der Waals surface area contributed by atoms with E-state index in [0.29, 0.717) is 17.1 Å². The fourth-order valence-corrected chi connectivity index (χ4v) is 3.03. The lowest BCUT2D eigenvalue weighted by Gasteiger charge is -2.16. The zero-order valence-electron chi connectivity index (χ0n) is 18.5. The Morgan fingerprint density at radius 3 is 2.29 bits per heavy atom. The molecule has 1 unspecified atom stereocenters. The molecule has 160 valence electrons. The molecule has 0 aliphatic rings. The van der Waals surface area contributed by atoms with E-state index in [9.17, 15) is 9.59 Å². The minimum atomic E-state index is -0.771. The van der Waals surface area contributed by atoms with Crippen molar-refractivity contribution in [3.63, 3.8) is 0 Å². The summed E-state index contributed by atoms with van der Waals surface area (Å²) in [6, 6.07) is 18.0. The van der Waals surface area contributed by atoms with Crippen LogP contribution in [0.5, 0.6) is 11.5 Å². The minimum absolute atomic E-state index is 0.224. The highest BCUT2D eigenvalue weighted by atomic mass is 16.6. The zero-order chi connectivity index (χ0) is 22.5. The number of carbonyl (C=O) groups is 2. The second kappa shape index (κ2) is 9.47. The van der Waals surface area contributed by atoms with E-state index in [1.165, 1.54) is 0 Å². The van der Waals surface area contributed by atoms with Gasteiger partial charge in [-0.1, -0.05) is 24.3 Å². The van der Waals surface area contributed by atoms with E-state index in [1.807, 2.05) is 64.1 Å². The third-order valence-electron chi connectivity index (χ3n) is 5.17. The molecule has 1 amide bonds. The Morgan fingerprint density at radius 2 is 1.58 bits per heavy atom. The van der Waals surface area contributed by atoms with Gasteiger partial charge in [0.1, 0.15) is 11.5 Å². The number of esters is 1. The molecule has 0 bridgehead atoms. The normalized spacial score (nSPS) is 11.5. The topological polar surface area (TPSA) is 64.6 Å². The van der Waals surface area contributed by atoms with E-state index in [4.69, 9.17) is 9.47 Å². The number of hydrogen-bond acceptors (Lipinski definition) is 4. The number of hydrogen-bond donors (Lipinski definition) is 1. The van der Waals surface area contributed by atoms with Crippen LogP contribution in [0.3, 0.4) is 0 Å². The fraction of sp³-hybridized carbons (Fsp3) is 0.231. The maximum atomic E-state index is 12.5. The maximum absolute atomic E-state index is 12.5. The highest BCUT2D eigenvalue weighted by Crippen LogP contribution is 2.23. The van der Waals surface area contributed by atoms with Crippen molar-refractivity contribution >= 4 is 17.6 Å². The molecule has 5 nitrogen and oxygen atoms in total. The second-order valence-electron chi connectivity index (χ2n) is 7.68. The first kappa shape index (κ1) is 22.1. The van der Waals surface area contributed by atoms with Gasteiger partial charge in [0.15, 0.2) is 6.10 Å². The smallest absolute Gasteiger partial charge is 0.352 e. The van der Waals surface area contributed by atoms with Crippen LogP contribution in [0.15, 0.2) is 60.7 Å². The lowest BCUT2D eigenvalue weighted by Crippen LogP contribution is -2.28. The molecule has 0 aliphatic carbocycles. The molecule has 0 aromatic heterocycles. The van der Waals surface area contributed by atoms with Gasteiger partial charge in [0.25, 0.3) is 5.91 Å². The number of amides is 1. The molecular formula is C26H27NO4. The monoisotopic (exact) mass is 417 g/mol. The van der Waals surface area contributed by atoms with Crippen LogP contribution in [0.25, 0.3) is 0 Å². The van der Waals surface area contributed by atoms with E-state index in [2.05, 4.69) is 5.32 Å². The Labute approximate surface area is 183 Å². The molecule has 3 rings (SSSR count). The molecule has 0 aliphatic heterocycles. The maximum Gasteiger partial charge on any atom is 0.352 e. The first-order valence-corrected chi connectivity index (χ1v) is 10.2. The number of benzene rings is 3. The number of anilines is 1. The quantitative estimate of drug-likeness (QED) is 0.422. The lowest BCUT2D eigenvalue weighted by atomic mass is 10.1. The van der Waals surface area contributed by atoms with Gasteiger partial charge in [-0.2, -0.15) is 0 Å². The Morgan fingerprint density at radius 1 is 0.871 bits per heavy atom. The summed E-state index contributed by atoms with van der Waals surface area (Å²) in [7, 11) is 0. The van der Waals surface area contributed by atoms with Gasteiger partial charge in [0.05, 0.1) is 0 Å². The van der Waals surface area contributed by atoms with Crippen molar-refractivity contribution in [3.8, 4) is 11.5 Å². The Bertz CT molecular complexity index is 1100. The van der Waals surface area contributed by atoms with Crippen molar-refractivity contribution in [2.45, 2.75) is 40.7 Å². The van der Waals surface area contributed by atoms with Crippen LogP contribution in [0.1, 0.15) is 39.5 Å². The van der Waals surface area contributed by atoms with Gasteiger partial charge in [0, 0.05) is 11.3 Å². The number of carbonyl (C=O) groups excluding carboxylic acids is 2. The van der Waals surface area contributed by atoms with E-state index < -0.39 is 12.1 Å². The van der Waals surface area contributed by atoms with Crippen molar-refractivity contribution in [2.24, 2.45) is 0 Å². The fourth-order valence-electron chi connectivity index (χ4n) is 3.03. The van der Waals surface area contributed by atoms with Gasteiger partial charge in [-0.15, -0.1) is 0 Å². The number of aryl methyl sites for hydroxylation is 3. The Kier molecular flexibility index (Phi) is 6.75. The van der Waals surface area contributed by atoms with Gasteiger partial charge in [-0.05, 0) is 93.3 Å². The van der Waals surface area contributed by atoms with Crippen LogP contribution in [0, 0.1) is 27.7 Å². The molecule has 0 saturated carbocycles. The molecule has 3 aromatic rings. The van der Waals surface area contributed by atoms with E-state index in [1.54, 1.807) is 31.2 Å². The molecule has 31 heavy (non-hydrogen) atoms. The standard InChI is InChI=1S/C26H27NO4/c1-16-9-10-18(3)23(15-16)27-25(28)21-11-13-22(14-12-21)31-26(29)20(5)30-24-8-6-7-17(2)19(24)4/h6-15,20H,1-5H3,(H,27,28). The lowest BCUT2D eigenvalue weighted by molar-refractivity contribution is -0.141. The summed E-state index contributed by atoms with van der Waals surface area (Å²) in [5.41, 5.74) is 5.38. The molecule has 0 saturated heterocycles.